The van der Waals surface area contributed by atoms with Crippen LogP contribution in [0.4, 0.5) is 17.2 Å². The van der Waals surface area contributed by atoms with Gasteiger partial charge >= 0.3 is 0 Å². The largest absolute Gasteiger partial charge is 0.495 e. The highest BCUT2D eigenvalue weighted by molar-refractivity contribution is 6.05. The van der Waals surface area contributed by atoms with Gasteiger partial charge in [0.25, 0.3) is 5.91 Å². The van der Waals surface area contributed by atoms with Gasteiger partial charge in [-0.15, -0.1) is 0 Å². The molecule has 1 fully saturated rings. The predicted octanol–water partition coefficient (Wildman–Crippen LogP) is 2.93. The number of amides is 2. The summed E-state index contributed by atoms with van der Waals surface area (Å²) in [6.45, 7) is 0.655. The first-order valence-corrected chi connectivity index (χ1v) is 8.92. The van der Waals surface area contributed by atoms with Gasteiger partial charge < -0.3 is 19.9 Å². The minimum absolute atomic E-state index is 0.0755. The van der Waals surface area contributed by atoms with Gasteiger partial charge in [-0.3, -0.25) is 9.59 Å². The molecule has 2 heterocycles. The number of hydrogen-bond acceptors (Lipinski definition) is 5. The van der Waals surface area contributed by atoms with Crippen molar-refractivity contribution in [1.29, 1.82) is 0 Å². The lowest BCUT2D eigenvalue weighted by Crippen LogP contribution is -2.35. The van der Waals surface area contributed by atoms with Crippen molar-refractivity contribution in [2.45, 2.75) is 19.3 Å². The molecule has 7 nitrogen and oxygen atoms in total. The van der Waals surface area contributed by atoms with E-state index in [1.165, 1.54) is 0 Å². The quantitative estimate of drug-likeness (QED) is 0.878. The molecular formula is C20H24N4O3. The van der Waals surface area contributed by atoms with Crippen molar-refractivity contribution < 1.29 is 14.3 Å². The van der Waals surface area contributed by atoms with Crippen LogP contribution in [0.3, 0.4) is 0 Å². The number of aromatic nitrogens is 1. The van der Waals surface area contributed by atoms with Gasteiger partial charge in [-0.2, -0.15) is 0 Å². The number of benzene rings is 1. The number of rotatable bonds is 5. The number of carbonyl (C=O) groups excluding carboxylic acids is 2. The molecule has 142 valence electrons. The molecule has 0 unspecified atom stereocenters. The number of pyridine rings is 1. The topological polar surface area (TPSA) is 74.8 Å². The summed E-state index contributed by atoms with van der Waals surface area (Å²) in [5.74, 6) is 1.21. The van der Waals surface area contributed by atoms with E-state index in [4.69, 9.17) is 4.74 Å². The third-order valence-electron chi connectivity index (χ3n) is 4.52. The molecule has 1 aromatic carbocycles. The highest BCUT2D eigenvalue weighted by Crippen LogP contribution is 2.33. The first kappa shape index (κ1) is 18.7. The lowest BCUT2D eigenvalue weighted by Gasteiger charge is -2.28. The second-order valence-corrected chi connectivity index (χ2v) is 6.64. The molecule has 1 N–H and O–H groups in total. The molecule has 27 heavy (non-hydrogen) atoms. The third kappa shape index (κ3) is 4.19. The Hall–Kier alpha value is -3.09. The van der Waals surface area contributed by atoms with Crippen molar-refractivity contribution >= 4 is 29.0 Å². The number of nitrogens with zero attached hydrogens (tertiary/aromatic N) is 3. The number of hydrogen-bond donors (Lipinski definition) is 1. The van der Waals surface area contributed by atoms with Crippen LogP contribution in [0.5, 0.6) is 5.75 Å². The fourth-order valence-electron chi connectivity index (χ4n) is 3.03. The number of ether oxygens (including phenoxy) is 1. The third-order valence-corrected chi connectivity index (χ3v) is 4.52. The Labute approximate surface area is 158 Å². The normalized spacial score (nSPS) is 14.0. The number of methoxy groups -OCH3 is 1. The first-order chi connectivity index (χ1) is 13.0. The Bertz CT molecular complexity index is 834. The average Bonchev–Trinajstić information content (AvgIpc) is 2.68. The van der Waals surface area contributed by atoms with Crippen LogP contribution in [0.2, 0.25) is 0 Å². The molecule has 1 aromatic heterocycles. The van der Waals surface area contributed by atoms with Crippen molar-refractivity contribution in [2.24, 2.45) is 0 Å². The zero-order valence-electron chi connectivity index (χ0n) is 15.9. The minimum atomic E-state index is -0.256. The second-order valence-electron chi connectivity index (χ2n) is 6.64. The number of nitrogens with one attached hydrogen (secondary N) is 1. The minimum Gasteiger partial charge on any atom is -0.495 e. The van der Waals surface area contributed by atoms with Crippen LogP contribution in [0.25, 0.3) is 0 Å². The van der Waals surface area contributed by atoms with E-state index < -0.39 is 0 Å². The van der Waals surface area contributed by atoms with Crippen molar-refractivity contribution in [2.75, 3.05) is 42.9 Å². The number of piperidine rings is 1. The Morgan fingerprint density at radius 1 is 1.22 bits per heavy atom. The maximum atomic E-state index is 12.5. The molecule has 1 aliphatic heterocycles. The van der Waals surface area contributed by atoms with Crippen LogP contribution in [-0.2, 0) is 4.79 Å². The molecule has 0 radical (unpaired) electrons. The molecule has 2 aromatic rings. The molecule has 0 saturated carbocycles. The monoisotopic (exact) mass is 368 g/mol. The lowest BCUT2D eigenvalue weighted by molar-refractivity contribution is -0.119. The summed E-state index contributed by atoms with van der Waals surface area (Å²) < 4.78 is 5.41. The molecule has 1 aliphatic rings. The molecule has 3 rings (SSSR count). The van der Waals surface area contributed by atoms with Crippen LogP contribution in [0.15, 0.2) is 36.5 Å². The fourth-order valence-corrected chi connectivity index (χ4v) is 3.03. The highest BCUT2D eigenvalue weighted by Gasteiger charge is 2.23. The van der Waals surface area contributed by atoms with Gasteiger partial charge in [0.05, 0.1) is 18.4 Å². The van der Waals surface area contributed by atoms with Gasteiger partial charge in [-0.05, 0) is 43.2 Å². The molecule has 2 amide bonds. The van der Waals surface area contributed by atoms with E-state index in [1.54, 1.807) is 48.5 Å². The van der Waals surface area contributed by atoms with Gasteiger partial charge in [-0.1, -0.05) is 0 Å². The summed E-state index contributed by atoms with van der Waals surface area (Å²) in [5, 5.41) is 2.87. The average molecular weight is 368 g/mol. The Morgan fingerprint density at radius 3 is 2.67 bits per heavy atom. The van der Waals surface area contributed by atoms with E-state index in [0.29, 0.717) is 35.7 Å². The van der Waals surface area contributed by atoms with Crippen molar-refractivity contribution in [3.8, 4) is 5.75 Å². The molecular weight excluding hydrogens is 344 g/mol. The summed E-state index contributed by atoms with van der Waals surface area (Å²) >= 11 is 0. The van der Waals surface area contributed by atoms with Crippen LogP contribution in [0, 0.1) is 0 Å². The van der Waals surface area contributed by atoms with Gasteiger partial charge in [0.2, 0.25) is 5.91 Å². The zero-order valence-corrected chi connectivity index (χ0v) is 15.9. The molecule has 0 bridgehead atoms. The van der Waals surface area contributed by atoms with Gasteiger partial charge in [0, 0.05) is 38.9 Å². The summed E-state index contributed by atoms with van der Waals surface area (Å²) in [4.78, 5) is 32.7. The van der Waals surface area contributed by atoms with E-state index in [0.717, 1.165) is 18.7 Å². The molecule has 0 aliphatic carbocycles. The maximum absolute atomic E-state index is 12.5. The second kappa shape index (κ2) is 8.07. The van der Waals surface area contributed by atoms with E-state index >= 15 is 0 Å². The molecule has 0 atom stereocenters. The Morgan fingerprint density at radius 2 is 2.04 bits per heavy atom. The summed E-state index contributed by atoms with van der Waals surface area (Å²) in [7, 11) is 5.36. The van der Waals surface area contributed by atoms with Crippen LogP contribution in [-0.4, -0.2) is 44.5 Å². The SMILES string of the molecule is COc1ccc(NC(=O)c2ccc(N(C)C)nc2)cc1N1CCCCC1=O. The van der Waals surface area contributed by atoms with Crippen molar-refractivity contribution in [1.82, 2.24) is 4.98 Å². The standard InChI is InChI=1S/C20H24N4O3/c1-23(2)18-10-7-14(13-21-18)20(26)22-15-8-9-17(27-3)16(12-15)24-11-5-4-6-19(24)25/h7-10,12-13H,4-6,11H2,1-3H3,(H,22,26). The summed E-state index contributed by atoms with van der Waals surface area (Å²) in [6, 6.07) is 8.83. The van der Waals surface area contributed by atoms with Crippen molar-refractivity contribution in [3.05, 3.63) is 42.1 Å². The summed E-state index contributed by atoms with van der Waals surface area (Å²) in [5.41, 5.74) is 1.75. The zero-order chi connectivity index (χ0) is 19.4. The van der Waals surface area contributed by atoms with Crippen LogP contribution < -0.4 is 19.9 Å². The Kier molecular flexibility index (Phi) is 5.59. The maximum Gasteiger partial charge on any atom is 0.257 e. The smallest absolute Gasteiger partial charge is 0.257 e. The van der Waals surface area contributed by atoms with Gasteiger partial charge in [0.15, 0.2) is 0 Å². The van der Waals surface area contributed by atoms with E-state index in [-0.39, 0.29) is 11.8 Å². The van der Waals surface area contributed by atoms with E-state index in [2.05, 4.69) is 10.3 Å². The number of anilines is 3. The van der Waals surface area contributed by atoms with E-state index in [1.807, 2.05) is 19.0 Å². The highest BCUT2D eigenvalue weighted by atomic mass is 16.5. The first-order valence-electron chi connectivity index (χ1n) is 8.92. The molecule has 0 spiro atoms. The van der Waals surface area contributed by atoms with Gasteiger partial charge in [0.1, 0.15) is 11.6 Å². The van der Waals surface area contributed by atoms with E-state index in [9.17, 15) is 9.59 Å². The Balaban J connectivity index is 1.81. The lowest BCUT2D eigenvalue weighted by atomic mass is 10.1. The van der Waals surface area contributed by atoms with Crippen LogP contribution in [0.1, 0.15) is 29.6 Å². The number of carbonyl (C=O) groups is 2. The fraction of sp³-hybridized carbons (Fsp3) is 0.350. The predicted molar refractivity (Wildman–Crippen MR) is 106 cm³/mol. The van der Waals surface area contributed by atoms with Crippen LogP contribution >= 0.6 is 0 Å². The molecule has 7 heteroatoms. The van der Waals surface area contributed by atoms with Crippen molar-refractivity contribution in [3.63, 3.8) is 0 Å². The molecule has 1 saturated heterocycles. The summed E-state index contributed by atoms with van der Waals surface area (Å²) in [6.07, 6.45) is 3.94. The van der Waals surface area contributed by atoms with Gasteiger partial charge in [-0.25, -0.2) is 4.98 Å².